The second kappa shape index (κ2) is 11.7. The molecule has 0 aliphatic heterocycles. The van der Waals surface area contributed by atoms with Crippen LogP contribution in [0, 0.1) is 0 Å². The highest BCUT2D eigenvalue weighted by molar-refractivity contribution is 5.93. The normalized spacial score (nSPS) is 13.8. The molecule has 1 aliphatic rings. The maximum Gasteiger partial charge on any atom is 0.335 e. The van der Waals surface area contributed by atoms with Gasteiger partial charge in [0.15, 0.2) is 0 Å². The van der Waals surface area contributed by atoms with E-state index in [1.54, 1.807) is 12.1 Å². The summed E-state index contributed by atoms with van der Waals surface area (Å²) in [6.45, 7) is 1.43. The third-order valence-corrected chi connectivity index (χ3v) is 7.80. The number of imidazole rings is 1. The lowest BCUT2D eigenvalue weighted by atomic mass is 9.94. The van der Waals surface area contributed by atoms with Crippen molar-refractivity contribution in [1.29, 1.82) is 0 Å². The van der Waals surface area contributed by atoms with E-state index < -0.39 is 5.97 Å². The lowest BCUT2D eigenvalue weighted by Crippen LogP contribution is -2.14. The van der Waals surface area contributed by atoms with Gasteiger partial charge in [0.25, 0.3) is 0 Å². The van der Waals surface area contributed by atoms with Crippen molar-refractivity contribution in [3.63, 3.8) is 0 Å². The number of fused-ring (bicyclic) bond motifs is 1. The number of carboxylic acids is 1. The van der Waals surface area contributed by atoms with Crippen LogP contribution in [0.3, 0.4) is 0 Å². The molecule has 0 radical (unpaired) electrons. The molecule has 6 rings (SSSR count). The highest BCUT2D eigenvalue weighted by Gasteiger charge is 2.23. The predicted octanol–water partition coefficient (Wildman–Crippen LogP) is 8.13. The van der Waals surface area contributed by atoms with E-state index in [2.05, 4.69) is 75.9 Å². The highest BCUT2D eigenvalue weighted by atomic mass is 16.4. The average Bonchev–Trinajstić information content (AvgIpc) is 3.39. The number of carbonyl (C=O) groups is 1. The Morgan fingerprint density at radius 3 is 2.17 bits per heavy atom. The van der Waals surface area contributed by atoms with Crippen LogP contribution < -0.4 is 10.6 Å². The molecule has 1 aliphatic carbocycles. The van der Waals surface area contributed by atoms with E-state index in [0.29, 0.717) is 12.6 Å². The Morgan fingerprint density at radius 1 is 0.775 bits per heavy atom. The Labute approximate surface area is 234 Å². The molecule has 0 spiro atoms. The second-order valence-electron chi connectivity index (χ2n) is 10.5. The monoisotopic (exact) mass is 530 g/mol. The van der Waals surface area contributed by atoms with Gasteiger partial charge in [0, 0.05) is 24.7 Å². The summed E-state index contributed by atoms with van der Waals surface area (Å²) < 4.78 is 2.36. The Balaban J connectivity index is 1.27. The van der Waals surface area contributed by atoms with Gasteiger partial charge in [-0.25, -0.2) is 9.78 Å². The predicted molar refractivity (Wildman–Crippen MR) is 162 cm³/mol. The first kappa shape index (κ1) is 25.7. The van der Waals surface area contributed by atoms with Gasteiger partial charge in [-0.3, -0.25) is 0 Å². The van der Waals surface area contributed by atoms with Crippen LogP contribution in [0.1, 0.15) is 59.6 Å². The number of benzene rings is 4. The van der Waals surface area contributed by atoms with Gasteiger partial charge in [-0.1, -0.05) is 79.9 Å². The Hall–Kier alpha value is -4.58. The molecule has 202 valence electrons. The molecule has 0 amide bonds. The number of carboxylic acid groups (broad SMARTS) is 1. The number of para-hydroxylation sites is 2. The van der Waals surface area contributed by atoms with Gasteiger partial charge in [-0.05, 0) is 60.4 Å². The van der Waals surface area contributed by atoms with Crippen LogP contribution in [0.25, 0.3) is 22.4 Å². The largest absolute Gasteiger partial charge is 0.478 e. The van der Waals surface area contributed by atoms with Gasteiger partial charge < -0.3 is 20.3 Å². The number of anilines is 2. The van der Waals surface area contributed by atoms with E-state index in [-0.39, 0.29) is 5.56 Å². The van der Waals surface area contributed by atoms with Gasteiger partial charge in [0.2, 0.25) is 0 Å². The van der Waals surface area contributed by atoms with Gasteiger partial charge in [-0.2, -0.15) is 0 Å². The molecule has 1 heterocycles. The lowest BCUT2D eigenvalue weighted by Gasteiger charge is -2.25. The van der Waals surface area contributed by atoms with Crippen molar-refractivity contribution in [1.82, 2.24) is 9.55 Å². The van der Waals surface area contributed by atoms with Crippen LogP contribution >= 0.6 is 0 Å². The fourth-order valence-electron chi connectivity index (χ4n) is 5.75. The molecule has 0 unspecified atom stereocenters. The van der Waals surface area contributed by atoms with Crippen LogP contribution in [0.5, 0.6) is 0 Å². The minimum absolute atomic E-state index is 0.268. The molecular weight excluding hydrogens is 496 g/mol. The van der Waals surface area contributed by atoms with Crippen LogP contribution in [-0.4, -0.2) is 20.6 Å². The van der Waals surface area contributed by atoms with Crippen molar-refractivity contribution in [3.05, 3.63) is 114 Å². The number of aromatic carboxylic acids is 1. The standard InChI is InChI=1S/C34H34N4O2/c39-34(40)27-18-19-32-31(21-27)37-33(38(32)28-14-5-2-6-15-28)26-13-9-12-25(20-26)23-36-30-17-8-7-16-29(30)35-22-24-10-3-1-4-11-24/h1,3-4,7-13,16-21,28,35-36H,2,5-6,14-15,22-23H2,(H,39,40). The molecule has 0 atom stereocenters. The van der Waals surface area contributed by atoms with E-state index in [1.807, 2.05) is 24.3 Å². The average molecular weight is 531 g/mol. The summed E-state index contributed by atoms with van der Waals surface area (Å²) >= 11 is 0. The van der Waals surface area contributed by atoms with Crippen molar-refractivity contribution in [2.75, 3.05) is 10.6 Å². The maximum atomic E-state index is 11.6. The van der Waals surface area contributed by atoms with Crippen molar-refractivity contribution < 1.29 is 9.90 Å². The molecule has 1 fully saturated rings. The molecule has 3 N–H and O–H groups in total. The summed E-state index contributed by atoms with van der Waals surface area (Å²) in [4.78, 5) is 16.6. The van der Waals surface area contributed by atoms with Crippen molar-refractivity contribution in [2.24, 2.45) is 0 Å². The first-order chi connectivity index (χ1) is 19.7. The number of nitrogens with zero attached hydrogens (tertiary/aromatic N) is 2. The fourth-order valence-corrected chi connectivity index (χ4v) is 5.75. The van der Waals surface area contributed by atoms with Crippen LogP contribution in [0.4, 0.5) is 11.4 Å². The summed E-state index contributed by atoms with van der Waals surface area (Å²) in [5.41, 5.74) is 7.58. The molecule has 40 heavy (non-hydrogen) atoms. The van der Waals surface area contributed by atoms with Gasteiger partial charge in [0.1, 0.15) is 5.82 Å². The van der Waals surface area contributed by atoms with Crippen molar-refractivity contribution in [3.8, 4) is 11.4 Å². The summed E-state index contributed by atoms with van der Waals surface area (Å²) in [6.07, 6.45) is 5.92. The second-order valence-corrected chi connectivity index (χ2v) is 10.5. The summed E-state index contributed by atoms with van der Waals surface area (Å²) in [6, 6.07) is 32.9. The Kier molecular flexibility index (Phi) is 7.49. The quantitative estimate of drug-likeness (QED) is 0.179. The van der Waals surface area contributed by atoms with E-state index in [9.17, 15) is 9.90 Å². The van der Waals surface area contributed by atoms with E-state index in [4.69, 9.17) is 4.98 Å². The zero-order valence-corrected chi connectivity index (χ0v) is 22.5. The van der Waals surface area contributed by atoms with Crippen molar-refractivity contribution in [2.45, 2.75) is 51.2 Å². The molecule has 5 aromatic rings. The number of nitrogens with one attached hydrogen (secondary N) is 2. The summed E-state index contributed by atoms with van der Waals surface area (Å²) in [7, 11) is 0. The molecule has 4 aromatic carbocycles. The number of hydrogen-bond acceptors (Lipinski definition) is 4. The van der Waals surface area contributed by atoms with Crippen LogP contribution in [0.15, 0.2) is 97.1 Å². The van der Waals surface area contributed by atoms with Crippen molar-refractivity contribution >= 4 is 28.4 Å². The zero-order chi connectivity index (χ0) is 27.3. The number of aromatic nitrogens is 2. The van der Waals surface area contributed by atoms with Crippen LogP contribution in [-0.2, 0) is 13.1 Å². The van der Waals surface area contributed by atoms with E-state index in [1.165, 1.54) is 24.8 Å². The lowest BCUT2D eigenvalue weighted by molar-refractivity contribution is 0.0697. The summed E-state index contributed by atoms with van der Waals surface area (Å²) in [5, 5.41) is 16.7. The first-order valence-corrected chi connectivity index (χ1v) is 14.1. The molecular formula is C34H34N4O2. The van der Waals surface area contributed by atoms with Crippen LogP contribution in [0.2, 0.25) is 0 Å². The number of rotatable bonds is 9. The molecule has 1 aromatic heterocycles. The zero-order valence-electron chi connectivity index (χ0n) is 22.5. The van der Waals surface area contributed by atoms with Gasteiger partial charge in [0.05, 0.1) is 28.0 Å². The molecule has 6 heteroatoms. The third-order valence-electron chi connectivity index (χ3n) is 7.80. The molecule has 1 saturated carbocycles. The highest BCUT2D eigenvalue weighted by Crippen LogP contribution is 2.36. The Bertz CT molecular complexity index is 1620. The maximum absolute atomic E-state index is 11.6. The van der Waals surface area contributed by atoms with E-state index >= 15 is 0 Å². The number of hydrogen-bond donors (Lipinski definition) is 3. The minimum atomic E-state index is -0.928. The Morgan fingerprint density at radius 2 is 1.45 bits per heavy atom. The van der Waals surface area contributed by atoms with Gasteiger partial charge in [-0.15, -0.1) is 0 Å². The minimum Gasteiger partial charge on any atom is -0.478 e. The van der Waals surface area contributed by atoms with E-state index in [0.717, 1.165) is 58.7 Å². The van der Waals surface area contributed by atoms with Gasteiger partial charge >= 0.3 is 5.97 Å². The molecule has 6 nitrogen and oxygen atoms in total. The topological polar surface area (TPSA) is 79.2 Å². The SMILES string of the molecule is O=C(O)c1ccc2c(c1)nc(-c1cccc(CNc3ccccc3NCc3ccccc3)c1)n2C1CCCCC1. The first-order valence-electron chi connectivity index (χ1n) is 14.1. The molecule has 0 saturated heterocycles. The fraction of sp³-hybridized carbons (Fsp3) is 0.235. The third kappa shape index (κ3) is 5.57. The molecule has 0 bridgehead atoms. The smallest absolute Gasteiger partial charge is 0.335 e. The summed E-state index contributed by atoms with van der Waals surface area (Å²) in [5.74, 6) is -0.0153.